The Labute approximate surface area is 102 Å². The van der Waals surface area contributed by atoms with E-state index in [0.29, 0.717) is 12.1 Å². The van der Waals surface area contributed by atoms with E-state index in [4.69, 9.17) is 11.0 Å². The van der Waals surface area contributed by atoms with E-state index in [0.717, 1.165) is 31.0 Å². The summed E-state index contributed by atoms with van der Waals surface area (Å²) in [5, 5.41) is 9.12. The lowest BCUT2D eigenvalue weighted by atomic mass is 9.90. The maximum Gasteiger partial charge on any atom is 0.146 e. The summed E-state index contributed by atoms with van der Waals surface area (Å²) in [6, 6.07) is 5.93. The van der Waals surface area contributed by atoms with Crippen LogP contribution in [0.25, 0.3) is 0 Å². The number of hydrogen-bond acceptors (Lipinski definition) is 4. The Balaban J connectivity index is 2.30. The SMILES string of the molecule is Cc1ccc(C#N)c(N2CCC(C)(CN)C2)n1. The van der Waals surface area contributed by atoms with Gasteiger partial charge in [-0.2, -0.15) is 5.26 Å². The molecule has 0 amide bonds. The Hall–Kier alpha value is -1.60. The summed E-state index contributed by atoms with van der Waals surface area (Å²) in [4.78, 5) is 6.67. The zero-order valence-corrected chi connectivity index (χ0v) is 10.4. The minimum Gasteiger partial charge on any atom is -0.355 e. The number of aromatic nitrogens is 1. The topological polar surface area (TPSA) is 65.9 Å². The minimum absolute atomic E-state index is 0.151. The normalized spacial score (nSPS) is 23.8. The molecule has 1 saturated heterocycles. The number of nitriles is 1. The van der Waals surface area contributed by atoms with Crippen molar-refractivity contribution in [3.63, 3.8) is 0 Å². The van der Waals surface area contributed by atoms with Crippen molar-refractivity contribution in [2.45, 2.75) is 20.3 Å². The molecule has 1 atom stereocenters. The van der Waals surface area contributed by atoms with Crippen molar-refractivity contribution in [1.29, 1.82) is 5.26 Å². The number of pyridine rings is 1. The summed E-state index contributed by atoms with van der Waals surface area (Å²) in [5.41, 5.74) is 7.54. The van der Waals surface area contributed by atoms with Gasteiger partial charge in [0.2, 0.25) is 0 Å². The third-order valence-electron chi connectivity index (χ3n) is 3.49. The van der Waals surface area contributed by atoms with Crippen LogP contribution >= 0.6 is 0 Å². The maximum atomic E-state index is 9.12. The zero-order chi connectivity index (χ0) is 12.5. The van der Waals surface area contributed by atoms with E-state index in [-0.39, 0.29) is 5.41 Å². The molecule has 4 nitrogen and oxygen atoms in total. The number of hydrogen-bond donors (Lipinski definition) is 1. The van der Waals surface area contributed by atoms with Crippen LogP contribution in [0.15, 0.2) is 12.1 Å². The molecule has 0 saturated carbocycles. The zero-order valence-electron chi connectivity index (χ0n) is 10.4. The first-order valence-electron chi connectivity index (χ1n) is 5.91. The van der Waals surface area contributed by atoms with E-state index in [1.54, 1.807) is 0 Å². The summed E-state index contributed by atoms with van der Waals surface area (Å²) >= 11 is 0. The molecular formula is C13H18N4. The predicted octanol–water partition coefficient (Wildman–Crippen LogP) is 1.44. The Morgan fingerprint density at radius 3 is 2.94 bits per heavy atom. The molecule has 0 bridgehead atoms. The number of nitrogens with two attached hydrogens (primary N) is 1. The average Bonchev–Trinajstić information content (AvgIpc) is 2.73. The van der Waals surface area contributed by atoms with E-state index in [2.05, 4.69) is 22.9 Å². The predicted molar refractivity (Wildman–Crippen MR) is 67.7 cm³/mol. The van der Waals surface area contributed by atoms with Crippen LogP contribution in [-0.2, 0) is 0 Å². The molecule has 1 aromatic rings. The fraction of sp³-hybridized carbons (Fsp3) is 0.538. The lowest BCUT2D eigenvalue weighted by molar-refractivity contribution is 0.383. The van der Waals surface area contributed by atoms with Crippen LogP contribution in [-0.4, -0.2) is 24.6 Å². The van der Waals surface area contributed by atoms with Gasteiger partial charge in [0.15, 0.2) is 0 Å². The summed E-state index contributed by atoms with van der Waals surface area (Å²) in [6.45, 7) is 6.63. The lowest BCUT2D eigenvalue weighted by Gasteiger charge is -2.23. The van der Waals surface area contributed by atoms with Crippen molar-refractivity contribution in [3.05, 3.63) is 23.4 Å². The third kappa shape index (κ3) is 2.25. The van der Waals surface area contributed by atoms with Crippen molar-refractivity contribution >= 4 is 5.82 Å². The first kappa shape index (κ1) is 11.9. The fourth-order valence-electron chi connectivity index (χ4n) is 2.24. The second-order valence-corrected chi connectivity index (χ2v) is 5.12. The first-order chi connectivity index (χ1) is 8.08. The summed E-state index contributed by atoms with van der Waals surface area (Å²) in [7, 11) is 0. The summed E-state index contributed by atoms with van der Waals surface area (Å²) < 4.78 is 0. The highest BCUT2D eigenvalue weighted by Gasteiger charge is 2.33. The van der Waals surface area contributed by atoms with Gasteiger partial charge in [0, 0.05) is 18.8 Å². The van der Waals surface area contributed by atoms with Crippen LogP contribution in [0.2, 0.25) is 0 Å². The second kappa shape index (κ2) is 4.34. The molecule has 17 heavy (non-hydrogen) atoms. The molecule has 2 heterocycles. The quantitative estimate of drug-likeness (QED) is 0.834. The highest BCUT2D eigenvalue weighted by molar-refractivity contribution is 5.55. The largest absolute Gasteiger partial charge is 0.355 e. The molecule has 1 fully saturated rings. The van der Waals surface area contributed by atoms with Gasteiger partial charge in [-0.05, 0) is 37.4 Å². The molecule has 1 aromatic heterocycles. The van der Waals surface area contributed by atoms with Crippen LogP contribution in [0.3, 0.4) is 0 Å². The number of aryl methyl sites for hydroxylation is 1. The van der Waals surface area contributed by atoms with Gasteiger partial charge in [-0.15, -0.1) is 0 Å². The van der Waals surface area contributed by atoms with Gasteiger partial charge in [-0.1, -0.05) is 6.92 Å². The molecule has 0 aliphatic carbocycles. The van der Waals surface area contributed by atoms with Crippen LogP contribution in [0.4, 0.5) is 5.82 Å². The van der Waals surface area contributed by atoms with E-state index < -0.39 is 0 Å². The second-order valence-electron chi connectivity index (χ2n) is 5.12. The van der Waals surface area contributed by atoms with Gasteiger partial charge in [-0.25, -0.2) is 4.98 Å². The standard InChI is InChI=1S/C13H18N4/c1-10-3-4-11(7-14)12(16-10)17-6-5-13(2,8-15)9-17/h3-4H,5-6,8-9,15H2,1-2H3. The van der Waals surface area contributed by atoms with Crippen molar-refractivity contribution in [2.24, 2.45) is 11.1 Å². The Morgan fingerprint density at radius 1 is 1.59 bits per heavy atom. The van der Waals surface area contributed by atoms with Crippen molar-refractivity contribution in [2.75, 3.05) is 24.5 Å². The molecular weight excluding hydrogens is 212 g/mol. The molecule has 2 N–H and O–H groups in total. The first-order valence-corrected chi connectivity index (χ1v) is 5.91. The van der Waals surface area contributed by atoms with Gasteiger partial charge < -0.3 is 10.6 Å². The number of anilines is 1. The Morgan fingerprint density at radius 2 is 2.35 bits per heavy atom. The van der Waals surface area contributed by atoms with Gasteiger partial charge in [-0.3, -0.25) is 0 Å². The van der Waals surface area contributed by atoms with Crippen LogP contribution < -0.4 is 10.6 Å². The van der Waals surface area contributed by atoms with Gasteiger partial charge in [0.1, 0.15) is 11.9 Å². The van der Waals surface area contributed by atoms with E-state index in [1.807, 2.05) is 19.1 Å². The Bertz CT molecular complexity index is 463. The van der Waals surface area contributed by atoms with E-state index >= 15 is 0 Å². The van der Waals surface area contributed by atoms with Gasteiger partial charge >= 0.3 is 0 Å². The van der Waals surface area contributed by atoms with Gasteiger partial charge in [0.25, 0.3) is 0 Å². The number of rotatable bonds is 2. The molecule has 1 unspecified atom stereocenters. The maximum absolute atomic E-state index is 9.12. The lowest BCUT2D eigenvalue weighted by Crippen LogP contribution is -2.31. The third-order valence-corrected chi connectivity index (χ3v) is 3.49. The van der Waals surface area contributed by atoms with Crippen molar-refractivity contribution in [1.82, 2.24) is 4.98 Å². The van der Waals surface area contributed by atoms with E-state index in [9.17, 15) is 0 Å². The summed E-state index contributed by atoms with van der Waals surface area (Å²) in [6.07, 6.45) is 1.06. The molecule has 1 aliphatic heterocycles. The highest BCUT2D eigenvalue weighted by atomic mass is 15.2. The molecule has 0 spiro atoms. The monoisotopic (exact) mass is 230 g/mol. The fourth-order valence-corrected chi connectivity index (χ4v) is 2.24. The smallest absolute Gasteiger partial charge is 0.146 e. The number of nitrogens with zero attached hydrogens (tertiary/aromatic N) is 3. The molecule has 4 heteroatoms. The van der Waals surface area contributed by atoms with Crippen LogP contribution in [0.1, 0.15) is 24.6 Å². The molecule has 0 aromatic carbocycles. The molecule has 2 rings (SSSR count). The van der Waals surface area contributed by atoms with Crippen LogP contribution in [0.5, 0.6) is 0 Å². The van der Waals surface area contributed by atoms with E-state index in [1.165, 1.54) is 0 Å². The minimum atomic E-state index is 0.151. The summed E-state index contributed by atoms with van der Waals surface area (Å²) in [5.74, 6) is 0.810. The molecule has 0 radical (unpaired) electrons. The average molecular weight is 230 g/mol. The van der Waals surface area contributed by atoms with Gasteiger partial charge in [0.05, 0.1) is 5.56 Å². The molecule has 1 aliphatic rings. The van der Waals surface area contributed by atoms with Crippen molar-refractivity contribution < 1.29 is 0 Å². The Kier molecular flexibility index (Phi) is 3.03. The molecule has 90 valence electrons. The van der Waals surface area contributed by atoms with Crippen molar-refractivity contribution in [3.8, 4) is 6.07 Å². The van der Waals surface area contributed by atoms with Crippen LogP contribution in [0, 0.1) is 23.7 Å². The highest BCUT2D eigenvalue weighted by Crippen LogP contribution is 2.32.